The smallest absolute Gasteiger partial charge is 0.213 e. The van der Waals surface area contributed by atoms with Gasteiger partial charge in [0, 0.05) is 36.8 Å². The quantitative estimate of drug-likeness (QED) is 0.728. The van der Waals surface area contributed by atoms with Crippen molar-refractivity contribution in [2.24, 2.45) is 0 Å². The van der Waals surface area contributed by atoms with Crippen molar-refractivity contribution >= 4 is 11.0 Å². The minimum atomic E-state index is 0.112. The van der Waals surface area contributed by atoms with Crippen LogP contribution in [0.1, 0.15) is 32.0 Å². The number of aromatic amines is 1. The number of benzene rings is 1. The molecule has 1 fully saturated rings. The van der Waals surface area contributed by atoms with Gasteiger partial charge < -0.3 is 14.6 Å². The molecule has 1 aliphatic rings. The van der Waals surface area contributed by atoms with Gasteiger partial charge in [0.25, 0.3) is 0 Å². The summed E-state index contributed by atoms with van der Waals surface area (Å²) < 4.78 is 5.60. The molecule has 1 atom stereocenters. The molecule has 6 heteroatoms. The molecule has 1 N–H and O–H groups in total. The number of H-pyrrole nitrogens is 1. The lowest BCUT2D eigenvalue weighted by molar-refractivity contribution is 0.232. The van der Waals surface area contributed by atoms with Crippen LogP contribution in [0.15, 0.2) is 36.5 Å². The number of nitrogens with zero attached hydrogens (tertiary/aromatic N) is 4. The second-order valence-electron chi connectivity index (χ2n) is 6.94. The molecule has 3 heterocycles. The molecule has 0 radical (unpaired) electrons. The molecule has 2 aromatic heterocycles. The lowest BCUT2D eigenvalue weighted by Gasteiger charge is -2.09. The second kappa shape index (κ2) is 6.68. The molecule has 0 spiro atoms. The third-order valence-corrected chi connectivity index (χ3v) is 4.64. The maximum Gasteiger partial charge on any atom is 0.213 e. The van der Waals surface area contributed by atoms with Crippen molar-refractivity contribution in [3.05, 3.63) is 42.4 Å². The fourth-order valence-corrected chi connectivity index (χ4v) is 3.34. The maximum atomic E-state index is 9.03. The van der Waals surface area contributed by atoms with Gasteiger partial charge in [-0.2, -0.15) is 5.26 Å². The molecule has 26 heavy (non-hydrogen) atoms. The first-order valence-corrected chi connectivity index (χ1v) is 8.90. The number of hydrogen-bond acceptors (Lipinski definition) is 5. The van der Waals surface area contributed by atoms with E-state index in [0.29, 0.717) is 11.8 Å². The van der Waals surface area contributed by atoms with Crippen molar-refractivity contribution in [1.29, 1.82) is 5.26 Å². The van der Waals surface area contributed by atoms with Crippen LogP contribution in [0.2, 0.25) is 0 Å². The van der Waals surface area contributed by atoms with E-state index in [1.165, 1.54) is 0 Å². The Kier molecular flexibility index (Phi) is 4.21. The summed E-state index contributed by atoms with van der Waals surface area (Å²) in [6.07, 6.45) is 5.12. The van der Waals surface area contributed by atoms with Crippen LogP contribution < -0.4 is 4.74 Å². The number of nitrogens with one attached hydrogen (secondary N) is 1. The van der Waals surface area contributed by atoms with Crippen molar-refractivity contribution in [2.45, 2.75) is 32.3 Å². The van der Waals surface area contributed by atoms with E-state index in [1.54, 1.807) is 4.90 Å². The van der Waals surface area contributed by atoms with Crippen molar-refractivity contribution in [1.82, 2.24) is 19.9 Å². The molecular weight excluding hydrogens is 326 g/mol. The molecule has 3 aromatic rings. The number of nitriles is 1. The summed E-state index contributed by atoms with van der Waals surface area (Å²) >= 11 is 0. The van der Waals surface area contributed by atoms with Crippen LogP contribution >= 0.6 is 0 Å². The van der Waals surface area contributed by atoms with E-state index in [0.717, 1.165) is 47.5 Å². The van der Waals surface area contributed by atoms with Gasteiger partial charge in [0.05, 0.1) is 17.1 Å². The van der Waals surface area contributed by atoms with Gasteiger partial charge in [0.2, 0.25) is 5.88 Å². The van der Waals surface area contributed by atoms with Gasteiger partial charge in [-0.1, -0.05) is 6.07 Å². The zero-order valence-electron chi connectivity index (χ0n) is 14.9. The molecule has 1 saturated heterocycles. The number of imidazole rings is 1. The molecule has 1 unspecified atom stereocenters. The third kappa shape index (κ3) is 3.21. The third-order valence-electron chi connectivity index (χ3n) is 4.64. The summed E-state index contributed by atoms with van der Waals surface area (Å²) in [5, 5.41) is 9.03. The van der Waals surface area contributed by atoms with Gasteiger partial charge in [0.15, 0.2) is 6.19 Å². The monoisotopic (exact) mass is 347 g/mol. The molecular formula is C20H21N5O. The maximum absolute atomic E-state index is 9.03. The first-order valence-electron chi connectivity index (χ1n) is 8.90. The zero-order chi connectivity index (χ0) is 18.1. The van der Waals surface area contributed by atoms with Gasteiger partial charge in [0.1, 0.15) is 5.82 Å². The van der Waals surface area contributed by atoms with E-state index in [4.69, 9.17) is 15.0 Å². The Morgan fingerprint density at radius 1 is 1.27 bits per heavy atom. The van der Waals surface area contributed by atoms with Gasteiger partial charge >= 0.3 is 0 Å². The second-order valence-corrected chi connectivity index (χ2v) is 6.94. The van der Waals surface area contributed by atoms with Crippen molar-refractivity contribution in [3.8, 4) is 23.2 Å². The van der Waals surface area contributed by atoms with E-state index in [-0.39, 0.29) is 6.10 Å². The summed E-state index contributed by atoms with van der Waals surface area (Å²) in [4.78, 5) is 14.3. The van der Waals surface area contributed by atoms with Crippen LogP contribution in [0, 0.1) is 11.5 Å². The topological polar surface area (TPSA) is 77.8 Å². The van der Waals surface area contributed by atoms with Crippen LogP contribution in [0.25, 0.3) is 22.2 Å². The van der Waals surface area contributed by atoms with Crippen LogP contribution in [-0.2, 0) is 0 Å². The standard InChI is InChI=1S/C20H21N5O/c1-13(2)26-19-6-4-15(10-22-19)14-3-5-17-18(9-14)24-20(23-17)16-7-8-25(11-16)12-21/h3-6,9-10,13,16H,7-8,11H2,1-2H3,(H,23,24). The largest absolute Gasteiger partial charge is 0.475 e. The number of likely N-dealkylation sites (tertiary alicyclic amines) is 1. The molecule has 0 bridgehead atoms. The summed E-state index contributed by atoms with van der Waals surface area (Å²) in [5.41, 5.74) is 4.08. The number of ether oxygens (including phenoxy) is 1. The summed E-state index contributed by atoms with van der Waals surface area (Å²) in [5.74, 6) is 1.89. The van der Waals surface area contributed by atoms with Crippen molar-refractivity contribution in [3.63, 3.8) is 0 Å². The Balaban J connectivity index is 1.59. The normalized spacial score (nSPS) is 17.0. The van der Waals surface area contributed by atoms with Gasteiger partial charge in [-0.25, -0.2) is 9.97 Å². The Morgan fingerprint density at radius 3 is 2.81 bits per heavy atom. The molecule has 0 amide bonds. The lowest BCUT2D eigenvalue weighted by atomic mass is 10.1. The minimum Gasteiger partial charge on any atom is -0.475 e. The predicted octanol–water partition coefficient (Wildman–Crippen LogP) is 3.68. The van der Waals surface area contributed by atoms with Crippen LogP contribution in [0.3, 0.4) is 0 Å². The Labute approximate surface area is 152 Å². The van der Waals surface area contributed by atoms with Gasteiger partial charge in [-0.15, -0.1) is 0 Å². The van der Waals surface area contributed by atoms with E-state index < -0.39 is 0 Å². The number of fused-ring (bicyclic) bond motifs is 1. The predicted molar refractivity (Wildman–Crippen MR) is 99.6 cm³/mol. The Hall–Kier alpha value is -3.07. The summed E-state index contributed by atoms with van der Waals surface area (Å²) in [6, 6.07) is 10.1. The molecule has 0 saturated carbocycles. The minimum absolute atomic E-state index is 0.112. The van der Waals surface area contributed by atoms with Crippen LogP contribution in [-0.4, -0.2) is 39.0 Å². The van der Waals surface area contributed by atoms with Crippen LogP contribution in [0.5, 0.6) is 5.88 Å². The van der Waals surface area contributed by atoms with Crippen molar-refractivity contribution < 1.29 is 4.74 Å². The van der Waals surface area contributed by atoms with E-state index in [1.807, 2.05) is 38.2 Å². The summed E-state index contributed by atoms with van der Waals surface area (Å²) in [6.45, 7) is 5.52. The molecule has 132 valence electrons. The molecule has 1 aromatic carbocycles. The first kappa shape index (κ1) is 16.4. The highest BCUT2D eigenvalue weighted by Gasteiger charge is 2.25. The van der Waals surface area contributed by atoms with Crippen LogP contribution in [0.4, 0.5) is 0 Å². The SMILES string of the molecule is CC(C)Oc1ccc(-c2ccc3nc(C4CCN(C#N)C4)[nH]c3c2)cn1. The highest BCUT2D eigenvalue weighted by Crippen LogP contribution is 2.29. The number of pyridine rings is 1. The highest BCUT2D eigenvalue weighted by atomic mass is 16.5. The van der Waals surface area contributed by atoms with Gasteiger partial charge in [-0.3, -0.25) is 0 Å². The first-order chi connectivity index (χ1) is 12.6. The number of rotatable bonds is 4. The average Bonchev–Trinajstić information content (AvgIpc) is 3.27. The van der Waals surface area contributed by atoms with Gasteiger partial charge in [-0.05, 0) is 44.0 Å². The van der Waals surface area contributed by atoms with E-state index in [2.05, 4.69) is 28.3 Å². The molecule has 4 rings (SSSR count). The number of aromatic nitrogens is 3. The zero-order valence-corrected chi connectivity index (χ0v) is 14.9. The van der Waals surface area contributed by atoms with Crippen molar-refractivity contribution in [2.75, 3.05) is 13.1 Å². The average molecular weight is 347 g/mol. The fourth-order valence-electron chi connectivity index (χ4n) is 3.34. The number of hydrogen-bond donors (Lipinski definition) is 1. The summed E-state index contributed by atoms with van der Waals surface area (Å²) in [7, 11) is 0. The molecule has 0 aliphatic carbocycles. The van der Waals surface area contributed by atoms with E-state index in [9.17, 15) is 0 Å². The lowest BCUT2D eigenvalue weighted by Crippen LogP contribution is -2.13. The highest BCUT2D eigenvalue weighted by molar-refractivity contribution is 5.82. The Morgan fingerprint density at radius 2 is 2.12 bits per heavy atom. The Bertz CT molecular complexity index is 954. The fraction of sp³-hybridized carbons (Fsp3) is 0.350. The molecule has 6 nitrogen and oxygen atoms in total. The molecule has 1 aliphatic heterocycles. The van der Waals surface area contributed by atoms with E-state index >= 15 is 0 Å².